The van der Waals surface area contributed by atoms with Crippen molar-refractivity contribution in [2.45, 2.75) is 6.42 Å². The Balaban J connectivity index is 2.66. The van der Waals surface area contributed by atoms with Gasteiger partial charge in [-0.25, -0.2) is 0 Å². The second kappa shape index (κ2) is 3.95. The Morgan fingerprint density at radius 3 is 2.36 bits per heavy atom. The summed E-state index contributed by atoms with van der Waals surface area (Å²) in [4.78, 5) is 4.48. The summed E-state index contributed by atoms with van der Waals surface area (Å²) in [6.07, 6.45) is 0.671. The molecular weight excluding hydrogens is 142 g/mol. The lowest BCUT2D eigenvalue weighted by Gasteiger charge is -1.99. The maximum atomic E-state index is 8.59. The Bertz CT molecular complexity index is 208. The van der Waals surface area contributed by atoms with Gasteiger partial charge in [-0.15, -0.1) is 0 Å². The Kier molecular flexibility index (Phi) is 2.89. The SMILES string of the molecule is NOc1ccc(CCO)cc1. The quantitative estimate of drug-likeness (QED) is 0.621. The summed E-state index contributed by atoms with van der Waals surface area (Å²) < 4.78 is 0. The van der Waals surface area contributed by atoms with E-state index in [1.54, 1.807) is 12.1 Å². The molecule has 0 bridgehead atoms. The van der Waals surface area contributed by atoms with Crippen LogP contribution in [0.1, 0.15) is 5.56 Å². The molecule has 0 aliphatic heterocycles. The lowest BCUT2D eigenvalue weighted by Crippen LogP contribution is -2.01. The molecular formula is C8H11NO2. The highest BCUT2D eigenvalue weighted by Crippen LogP contribution is 2.10. The van der Waals surface area contributed by atoms with Crippen LogP contribution < -0.4 is 10.7 Å². The van der Waals surface area contributed by atoms with Crippen LogP contribution in [0.5, 0.6) is 5.75 Å². The summed E-state index contributed by atoms with van der Waals surface area (Å²) >= 11 is 0. The van der Waals surface area contributed by atoms with Gasteiger partial charge in [0.2, 0.25) is 0 Å². The molecule has 1 aromatic rings. The van der Waals surface area contributed by atoms with E-state index in [0.29, 0.717) is 12.2 Å². The van der Waals surface area contributed by atoms with Crippen molar-refractivity contribution < 1.29 is 9.94 Å². The molecule has 1 aromatic carbocycles. The monoisotopic (exact) mass is 153 g/mol. The van der Waals surface area contributed by atoms with Gasteiger partial charge in [0.1, 0.15) is 5.75 Å². The average Bonchev–Trinajstić information content (AvgIpc) is 2.07. The van der Waals surface area contributed by atoms with Crippen molar-refractivity contribution in [1.29, 1.82) is 0 Å². The molecule has 0 amide bonds. The van der Waals surface area contributed by atoms with Crippen LogP contribution in [-0.2, 0) is 6.42 Å². The summed E-state index contributed by atoms with van der Waals surface area (Å²) in [5.41, 5.74) is 1.08. The normalized spacial score (nSPS) is 9.64. The van der Waals surface area contributed by atoms with Crippen molar-refractivity contribution in [3.63, 3.8) is 0 Å². The molecule has 1 rings (SSSR count). The van der Waals surface area contributed by atoms with E-state index in [1.165, 1.54) is 0 Å². The molecule has 0 unspecified atom stereocenters. The molecule has 3 N–H and O–H groups in total. The Hall–Kier alpha value is -1.06. The van der Waals surface area contributed by atoms with Gasteiger partial charge in [0.05, 0.1) is 0 Å². The van der Waals surface area contributed by atoms with Crippen LogP contribution >= 0.6 is 0 Å². The topological polar surface area (TPSA) is 55.5 Å². The van der Waals surface area contributed by atoms with Gasteiger partial charge in [-0.05, 0) is 24.1 Å². The highest BCUT2D eigenvalue weighted by Gasteiger charge is 1.92. The highest BCUT2D eigenvalue weighted by atomic mass is 16.6. The first-order valence-electron chi connectivity index (χ1n) is 3.43. The van der Waals surface area contributed by atoms with Gasteiger partial charge < -0.3 is 9.94 Å². The van der Waals surface area contributed by atoms with E-state index in [9.17, 15) is 0 Å². The van der Waals surface area contributed by atoms with Gasteiger partial charge in [0.25, 0.3) is 0 Å². The largest absolute Gasteiger partial charge is 0.412 e. The van der Waals surface area contributed by atoms with Crippen molar-refractivity contribution in [3.8, 4) is 5.75 Å². The number of aliphatic hydroxyl groups excluding tert-OH is 1. The number of benzene rings is 1. The van der Waals surface area contributed by atoms with E-state index < -0.39 is 0 Å². The number of rotatable bonds is 3. The van der Waals surface area contributed by atoms with Crippen molar-refractivity contribution in [2.75, 3.05) is 6.61 Å². The molecule has 60 valence electrons. The van der Waals surface area contributed by atoms with Crippen LogP contribution in [0.15, 0.2) is 24.3 Å². The van der Waals surface area contributed by atoms with Crippen LogP contribution in [0.2, 0.25) is 0 Å². The van der Waals surface area contributed by atoms with E-state index in [0.717, 1.165) is 5.56 Å². The first-order valence-corrected chi connectivity index (χ1v) is 3.43. The molecule has 11 heavy (non-hydrogen) atoms. The third-order valence-corrected chi connectivity index (χ3v) is 1.46. The van der Waals surface area contributed by atoms with Gasteiger partial charge in [-0.2, -0.15) is 5.90 Å². The van der Waals surface area contributed by atoms with Crippen LogP contribution in [-0.4, -0.2) is 11.7 Å². The predicted molar refractivity (Wildman–Crippen MR) is 42.0 cm³/mol. The number of hydrogen-bond acceptors (Lipinski definition) is 3. The summed E-state index contributed by atoms with van der Waals surface area (Å²) in [5.74, 6) is 5.56. The lowest BCUT2D eigenvalue weighted by molar-refractivity contribution is 0.299. The van der Waals surface area contributed by atoms with Crippen LogP contribution in [0, 0.1) is 0 Å². The zero-order valence-electron chi connectivity index (χ0n) is 6.16. The molecule has 0 radical (unpaired) electrons. The summed E-state index contributed by atoms with van der Waals surface area (Å²) in [6.45, 7) is 0.169. The third kappa shape index (κ3) is 2.22. The molecule has 0 heterocycles. The van der Waals surface area contributed by atoms with Crippen LogP contribution in [0.4, 0.5) is 0 Å². The second-order valence-corrected chi connectivity index (χ2v) is 2.24. The average molecular weight is 153 g/mol. The Morgan fingerprint density at radius 1 is 1.27 bits per heavy atom. The standard InChI is InChI=1S/C8H11NO2/c9-11-8-3-1-7(2-4-8)5-6-10/h1-4,10H,5-6,9H2. The fraction of sp³-hybridized carbons (Fsp3) is 0.250. The number of nitrogens with two attached hydrogens (primary N) is 1. The summed E-state index contributed by atoms with van der Waals surface area (Å²) in [5, 5.41) is 8.59. The van der Waals surface area contributed by atoms with Crippen molar-refractivity contribution in [3.05, 3.63) is 29.8 Å². The van der Waals surface area contributed by atoms with E-state index in [1.807, 2.05) is 12.1 Å². The van der Waals surface area contributed by atoms with E-state index >= 15 is 0 Å². The molecule has 0 aliphatic carbocycles. The lowest BCUT2D eigenvalue weighted by atomic mass is 10.1. The minimum Gasteiger partial charge on any atom is -0.412 e. The molecule has 0 atom stereocenters. The van der Waals surface area contributed by atoms with Crippen LogP contribution in [0.25, 0.3) is 0 Å². The zero-order valence-corrected chi connectivity index (χ0v) is 6.16. The summed E-state index contributed by atoms with van der Waals surface area (Å²) in [7, 11) is 0. The predicted octanol–water partition coefficient (Wildman–Crippen LogP) is 0.474. The third-order valence-electron chi connectivity index (χ3n) is 1.46. The fourth-order valence-corrected chi connectivity index (χ4v) is 0.864. The van der Waals surface area contributed by atoms with Crippen molar-refractivity contribution >= 4 is 0 Å². The minimum absolute atomic E-state index is 0.169. The van der Waals surface area contributed by atoms with Gasteiger partial charge in [-0.3, -0.25) is 0 Å². The van der Waals surface area contributed by atoms with Crippen molar-refractivity contribution in [2.24, 2.45) is 5.90 Å². The number of hydrogen-bond donors (Lipinski definition) is 2. The number of aliphatic hydroxyl groups is 1. The van der Waals surface area contributed by atoms with E-state index in [-0.39, 0.29) is 6.61 Å². The molecule has 0 spiro atoms. The van der Waals surface area contributed by atoms with Gasteiger partial charge in [0, 0.05) is 6.61 Å². The zero-order chi connectivity index (χ0) is 8.10. The maximum Gasteiger partial charge on any atom is 0.146 e. The fourth-order valence-electron chi connectivity index (χ4n) is 0.864. The maximum absolute atomic E-state index is 8.59. The van der Waals surface area contributed by atoms with Gasteiger partial charge in [-0.1, -0.05) is 12.1 Å². The molecule has 0 aromatic heterocycles. The first-order chi connectivity index (χ1) is 5.36. The summed E-state index contributed by atoms with van der Waals surface area (Å²) in [6, 6.07) is 7.28. The Labute approximate surface area is 65.4 Å². The van der Waals surface area contributed by atoms with Gasteiger partial charge >= 0.3 is 0 Å². The van der Waals surface area contributed by atoms with Crippen molar-refractivity contribution in [1.82, 2.24) is 0 Å². The molecule has 3 nitrogen and oxygen atoms in total. The molecule has 0 fully saturated rings. The molecule has 3 heteroatoms. The van der Waals surface area contributed by atoms with E-state index in [2.05, 4.69) is 4.84 Å². The minimum atomic E-state index is 0.169. The Morgan fingerprint density at radius 2 is 1.91 bits per heavy atom. The van der Waals surface area contributed by atoms with Gasteiger partial charge in [0.15, 0.2) is 0 Å². The molecule has 0 saturated heterocycles. The van der Waals surface area contributed by atoms with Crippen LogP contribution in [0.3, 0.4) is 0 Å². The van der Waals surface area contributed by atoms with E-state index in [4.69, 9.17) is 11.0 Å². The second-order valence-electron chi connectivity index (χ2n) is 2.24. The molecule has 0 aliphatic rings. The smallest absolute Gasteiger partial charge is 0.146 e. The first kappa shape index (κ1) is 8.04. The highest BCUT2D eigenvalue weighted by molar-refractivity contribution is 5.26. The molecule has 0 saturated carbocycles.